The van der Waals surface area contributed by atoms with Crippen LogP contribution in [0.15, 0.2) is 18.2 Å². The van der Waals surface area contributed by atoms with E-state index in [0.29, 0.717) is 46.4 Å². The minimum Gasteiger partial charge on any atom is -0.467 e. The molecule has 2 aliphatic rings. The van der Waals surface area contributed by atoms with Crippen molar-refractivity contribution in [2.24, 2.45) is 17.8 Å². The molecular weight excluding hydrogens is 491 g/mol. The number of carbonyl (C=O) groups is 4. The zero-order valence-corrected chi connectivity index (χ0v) is 21.2. The van der Waals surface area contributed by atoms with Gasteiger partial charge in [-0.25, -0.2) is 4.79 Å². The quantitative estimate of drug-likeness (QED) is 0.327. The van der Waals surface area contributed by atoms with Gasteiger partial charge in [-0.05, 0) is 43.7 Å². The molecule has 2 aliphatic carbocycles. The Kier molecular flexibility index (Phi) is 8.17. The molecule has 2 N–H and O–H groups in total. The Bertz CT molecular complexity index is 1140. The lowest BCUT2D eigenvalue weighted by Gasteiger charge is -2.26. The second-order valence-corrected chi connectivity index (χ2v) is 10.5. The first-order valence-corrected chi connectivity index (χ1v) is 12.9. The van der Waals surface area contributed by atoms with Gasteiger partial charge in [-0.1, -0.05) is 48.5 Å². The predicted octanol–water partition coefficient (Wildman–Crippen LogP) is 5.27. The first-order valence-electron chi connectivity index (χ1n) is 12.2. The molecule has 0 spiro atoms. The summed E-state index contributed by atoms with van der Waals surface area (Å²) < 4.78 is 4.91. The normalized spacial score (nSPS) is 19.9. The number of nitrogens with one attached hydrogen (secondary N) is 2. The Morgan fingerprint density at radius 1 is 1.14 bits per heavy atom. The number of methoxy groups -OCH3 is 1. The summed E-state index contributed by atoms with van der Waals surface area (Å²) in [6, 6.07) is 4.24. The van der Waals surface area contributed by atoms with Crippen molar-refractivity contribution in [2.45, 2.75) is 63.8 Å². The summed E-state index contributed by atoms with van der Waals surface area (Å²) >= 11 is 12.3. The van der Waals surface area contributed by atoms with Crippen LogP contribution in [0, 0.1) is 17.8 Å². The molecule has 0 bridgehead atoms. The maximum Gasteiger partial charge on any atom is 0.328 e. The zero-order chi connectivity index (χ0) is 25.1. The lowest BCUT2D eigenvalue weighted by Crippen LogP contribution is -2.46. The molecule has 188 valence electrons. The van der Waals surface area contributed by atoms with E-state index in [4.69, 9.17) is 27.9 Å². The van der Waals surface area contributed by atoms with Crippen molar-refractivity contribution in [3.05, 3.63) is 33.9 Å². The molecule has 0 saturated heterocycles. The molecule has 3 atom stereocenters. The number of hydrogen-bond acceptors (Lipinski definition) is 5. The van der Waals surface area contributed by atoms with Crippen LogP contribution in [0.2, 0.25) is 10.0 Å². The maximum atomic E-state index is 13.3. The molecule has 2 fully saturated rings. The Morgan fingerprint density at radius 2 is 1.91 bits per heavy atom. The maximum absolute atomic E-state index is 13.3. The summed E-state index contributed by atoms with van der Waals surface area (Å²) in [4.78, 5) is 54.2. The fourth-order valence-electron chi connectivity index (χ4n) is 4.90. The van der Waals surface area contributed by atoms with Crippen molar-refractivity contribution in [3.63, 3.8) is 0 Å². The van der Waals surface area contributed by atoms with Gasteiger partial charge in [0.15, 0.2) is 5.78 Å². The number of ketones is 2. The highest BCUT2D eigenvalue weighted by Crippen LogP contribution is 2.37. The Hall–Kier alpha value is -2.38. The number of aromatic amines is 1. The van der Waals surface area contributed by atoms with Crippen LogP contribution in [-0.2, 0) is 19.1 Å². The second-order valence-electron chi connectivity index (χ2n) is 9.74. The lowest BCUT2D eigenvalue weighted by atomic mass is 9.83. The van der Waals surface area contributed by atoms with Crippen molar-refractivity contribution >= 4 is 57.5 Å². The average Bonchev–Trinajstić information content (AvgIpc) is 3.55. The van der Waals surface area contributed by atoms with Crippen LogP contribution < -0.4 is 5.32 Å². The average molecular weight is 521 g/mol. The zero-order valence-electron chi connectivity index (χ0n) is 19.7. The minimum atomic E-state index is -0.912. The number of ether oxygens (including phenoxy) is 1. The van der Waals surface area contributed by atoms with E-state index in [1.807, 2.05) is 0 Å². The molecule has 0 radical (unpaired) electrons. The van der Waals surface area contributed by atoms with E-state index in [1.54, 1.807) is 18.2 Å². The van der Waals surface area contributed by atoms with Gasteiger partial charge in [0, 0.05) is 30.1 Å². The van der Waals surface area contributed by atoms with Crippen LogP contribution in [0.4, 0.5) is 0 Å². The molecule has 1 heterocycles. The molecule has 35 heavy (non-hydrogen) atoms. The van der Waals surface area contributed by atoms with Crippen LogP contribution in [0.5, 0.6) is 0 Å². The van der Waals surface area contributed by atoms with E-state index < -0.39 is 17.9 Å². The summed E-state index contributed by atoms with van der Waals surface area (Å²) in [5.41, 5.74) is 0.934. The first kappa shape index (κ1) is 25.7. The summed E-state index contributed by atoms with van der Waals surface area (Å²) in [7, 11) is 1.27. The monoisotopic (exact) mass is 520 g/mol. The molecule has 7 nitrogen and oxygen atoms in total. The van der Waals surface area contributed by atoms with Crippen molar-refractivity contribution < 1.29 is 23.9 Å². The number of fused-ring (bicyclic) bond motifs is 1. The molecule has 1 aromatic carbocycles. The molecule has 9 heteroatoms. The lowest BCUT2D eigenvalue weighted by molar-refractivity contribution is -0.146. The van der Waals surface area contributed by atoms with E-state index in [1.165, 1.54) is 7.11 Å². The number of carbonyl (C=O) groups excluding carboxylic acids is 4. The van der Waals surface area contributed by atoms with Crippen molar-refractivity contribution in [2.75, 3.05) is 7.11 Å². The Morgan fingerprint density at radius 3 is 2.60 bits per heavy atom. The molecule has 0 aliphatic heterocycles. The Labute approximate surface area is 214 Å². The van der Waals surface area contributed by atoms with Crippen LogP contribution in [-0.4, -0.2) is 41.6 Å². The summed E-state index contributed by atoms with van der Waals surface area (Å²) in [5, 5.41) is 4.29. The highest BCUT2D eigenvalue weighted by molar-refractivity contribution is 6.45. The number of Topliss-reactive ketones (excluding diaryl/α,β-unsaturated/α-hetero) is 2. The third-order valence-electron chi connectivity index (χ3n) is 7.11. The van der Waals surface area contributed by atoms with Crippen LogP contribution in [0.25, 0.3) is 10.9 Å². The van der Waals surface area contributed by atoms with Crippen molar-refractivity contribution in [1.82, 2.24) is 10.3 Å². The van der Waals surface area contributed by atoms with E-state index in [-0.39, 0.29) is 36.2 Å². The van der Waals surface area contributed by atoms with Gasteiger partial charge in [0.2, 0.25) is 5.91 Å². The van der Waals surface area contributed by atoms with E-state index in [2.05, 4.69) is 10.3 Å². The number of rotatable bonds is 10. The van der Waals surface area contributed by atoms with Gasteiger partial charge >= 0.3 is 5.97 Å². The molecule has 0 unspecified atom stereocenters. The van der Waals surface area contributed by atoms with Crippen LogP contribution >= 0.6 is 23.2 Å². The van der Waals surface area contributed by atoms with Gasteiger partial charge in [0.05, 0.1) is 28.4 Å². The molecular formula is C26H30Cl2N2O5. The SMILES string of the molecule is COC(=O)[C@H](C[C@@H]1CCCCC1=O)NC(=O)[C@@H](CC(=O)c1cc2ccc(Cl)c(Cl)c2[nH]1)CC1CC1. The molecule has 2 saturated carbocycles. The number of halogens is 2. The summed E-state index contributed by atoms with van der Waals surface area (Å²) in [6.07, 6.45) is 5.84. The number of aromatic nitrogens is 1. The molecule has 2 aromatic rings. The molecule has 4 rings (SSSR count). The topological polar surface area (TPSA) is 105 Å². The Balaban J connectivity index is 1.48. The predicted molar refractivity (Wildman–Crippen MR) is 134 cm³/mol. The van der Waals surface area contributed by atoms with E-state index in [0.717, 1.165) is 31.1 Å². The highest BCUT2D eigenvalue weighted by Gasteiger charge is 2.35. The van der Waals surface area contributed by atoms with Crippen LogP contribution in [0.3, 0.4) is 0 Å². The van der Waals surface area contributed by atoms with Gasteiger partial charge in [-0.2, -0.15) is 0 Å². The number of amides is 1. The van der Waals surface area contributed by atoms with Gasteiger partial charge in [-0.15, -0.1) is 0 Å². The van der Waals surface area contributed by atoms with E-state index >= 15 is 0 Å². The minimum absolute atomic E-state index is 0.00322. The largest absolute Gasteiger partial charge is 0.467 e. The third-order valence-corrected chi connectivity index (χ3v) is 7.91. The number of H-pyrrole nitrogens is 1. The standard InChI is InChI=1S/C26H30Cl2N2O5/c1-35-26(34)20(11-15-4-2-3-5-21(15)31)30-25(33)17(10-14-6-7-14)13-22(32)19-12-16-8-9-18(27)23(28)24(16)29-19/h8-9,12,14-15,17,20,29H,2-7,10-11,13H2,1H3,(H,30,33)/t15-,17+,20-/m0/s1. The number of esters is 1. The summed E-state index contributed by atoms with van der Waals surface area (Å²) in [6.45, 7) is 0. The molecule has 1 aromatic heterocycles. The fourth-order valence-corrected chi connectivity index (χ4v) is 5.27. The van der Waals surface area contributed by atoms with Crippen molar-refractivity contribution in [1.29, 1.82) is 0 Å². The second kappa shape index (κ2) is 11.1. The summed E-state index contributed by atoms with van der Waals surface area (Å²) in [5.74, 6) is -1.48. The van der Waals surface area contributed by atoms with Gasteiger partial charge < -0.3 is 15.0 Å². The van der Waals surface area contributed by atoms with Crippen LogP contribution in [0.1, 0.15) is 68.3 Å². The van der Waals surface area contributed by atoms with Crippen molar-refractivity contribution in [3.8, 4) is 0 Å². The van der Waals surface area contributed by atoms with Gasteiger partial charge in [0.25, 0.3) is 0 Å². The third kappa shape index (κ3) is 6.25. The highest BCUT2D eigenvalue weighted by atomic mass is 35.5. The van der Waals surface area contributed by atoms with E-state index in [9.17, 15) is 19.2 Å². The van der Waals surface area contributed by atoms with Gasteiger partial charge in [-0.3, -0.25) is 14.4 Å². The smallest absolute Gasteiger partial charge is 0.328 e. The first-order chi connectivity index (χ1) is 16.8. The fraction of sp³-hybridized carbons (Fsp3) is 0.538. The number of benzene rings is 1. The number of hydrogen-bond donors (Lipinski definition) is 2. The van der Waals surface area contributed by atoms with Gasteiger partial charge in [0.1, 0.15) is 11.8 Å². The molecule has 1 amide bonds.